The SMILES string of the molecule is CCOC(=O)c1ccc(NC(=O)C(Sc2cccc(NC(=O)c3ccccc3F)c2)c2ccccc2)cc1. The molecule has 4 aromatic carbocycles. The average molecular weight is 529 g/mol. The van der Waals surface area contributed by atoms with Crippen LogP contribution in [0.25, 0.3) is 0 Å². The van der Waals surface area contributed by atoms with Crippen molar-refractivity contribution < 1.29 is 23.5 Å². The number of thioether (sulfide) groups is 1. The molecule has 6 nitrogen and oxygen atoms in total. The quantitative estimate of drug-likeness (QED) is 0.186. The van der Waals surface area contributed by atoms with Gasteiger partial charge in [0.15, 0.2) is 0 Å². The fourth-order valence-corrected chi connectivity index (χ4v) is 4.72. The third-order valence-electron chi connectivity index (χ3n) is 5.47. The van der Waals surface area contributed by atoms with Crippen LogP contribution in [0.1, 0.15) is 38.5 Å². The van der Waals surface area contributed by atoms with E-state index in [4.69, 9.17) is 4.74 Å². The molecule has 1 atom stereocenters. The maximum Gasteiger partial charge on any atom is 0.338 e. The molecule has 1 unspecified atom stereocenters. The van der Waals surface area contributed by atoms with Gasteiger partial charge < -0.3 is 15.4 Å². The number of esters is 1. The Morgan fingerprint density at radius 2 is 1.53 bits per heavy atom. The molecule has 0 saturated heterocycles. The van der Waals surface area contributed by atoms with E-state index in [1.165, 1.54) is 30.0 Å². The average Bonchev–Trinajstić information content (AvgIpc) is 2.93. The van der Waals surface area contributed by atoms with Crippen LogP contribution < -0.4 is 10.6 Å². The summed E-state index contributed by atoms with van der Waals surface area (Å²) in [5.41, 5.74) is 2.15. The van der Waals surface area contributed by atoms with E-state index >= 15 is 0 Å². The standard InChI is InChI=1S/C30H25FN2O4S/c1-2-37-30(36)21-15-17-22(18-16-21)32-29(35)27(20-9-4-3-5-10-20)38-24-12-8-11-23(19-24)33-28(34)25-13-6-7-14-26(25)31/h3-19,27H,2H2,1H3,(H,32,35)(H,33,34). The number of hydrogen-bond donors (Lipinski definition) is 2. The predicted molar refractivity (Wildman–Crippen MR) is 147 cm³/mol. The van der Waals surface area contributed by atoms with E-state index in [0.717, 1.165) is 10.5 Å². The van der Waals surface area contributed by atoms with Crippen LogP contribution in [-0.2, 0) is 9.53 Å². The Morgan fingerprint density at radius 1 is 0.816 bits per heavy atom. The molecule has 0 aliphatic heterocycles. The third-order valence-corrected chi connectivity index (χ3v) is 6.72. The Hall–Kier alpha value is -4.43. The lowest BCUT2D eigenvalue weighted by atomic mass is 10.1. The minimum Gasteiger partial charge on any atom is -0.462 e. The summed E-state index contributed by atoms with van der Waals surface area (Å²) in [7, 11) is 0. The fraction of sp³-hybridized carbons (Fsp3) is 0.100. The number of hydrogen-bond acceptors (Lipinski definition) is 5. The zero-order valence-corrected chi connectivity index (χ0v) is 21.3. The van der Waals surface area contributed by atoms with Crippen molar-refractivity contribution in [1.29, 1.82) is 0 Å². The van der Waals surface area contributed by atoms with Gasteiger partial charge in [0.25, 0.3) is 5.91 Å². The maximum atomic E-state index is 14.0. The molecule has 0 heterocycles. The van der Waals surface area contributed by atoms with Crippen molar-refractivity contribution in [2.24, 2.45) is 0 Å². The molecule has 0 aliphatic rings. The first-order valence-electron chi connectivity index (χ1n) is 11.9. The van der Waals surface area contributed by atoms with Crippen LogP contribution >= 0.6 is 11.8 Å². The number of halogens is 1. The molecule has 0 aliphatic carbocycles. The predicted octanol–water partition coefficient (Wildman–Crippen LogP) is 6.73. The molecule has 2 amide bonds. The van der Waals surface area contributed by atoms with Crippen LogP contribution in [0, 0.1) is 5.82 Å². The highest BCUT2D eigenvalue weighted by atomic mass is 32.2. The van der Waals surface area contributed by atoms with Crippen molar-refractivity contribution in [3.63, 3.8) is 0 Å². The molecule has 0 bridgehead atoms. The Bertz CT molecular complexity index is 1430. The van der Waals surface area contributed by atoms with Gasteiger partial charge in [-0.3, -0.25) is 9.59 Å². The molecule has 2 N–H and O–H groups in total. The molecule has 0 radical (unpaired) electrons. The van der Waals surface area contributed by atoms with Crippen LogP contribution in [-0.4, -0.2) is 24.4 Å². The highest BCUT2D eigenvalue weighted by Gasteiger charge is 2.23. The van der Waals surface area contributed by atoms with Crippen molar-refractivity contribution in [1.82, 2.24) is 0 Å². The monoisotopic (exact) mass is 528 g/mol. The van der Waals surface area contributed by atoms with Crippen molar-refractivity contribution in [3.05, 3.63) is 126 Å². The molecule has 0 aromatic heterocycles. The summed E-state index contributed by atoms with van der Waals surface area (Å²) >= 11 is 1.31. The van der Waals surface area contributed by atoms with E-state index < -0.39 is 22.9 Å². The molecule has 4 aromatic rings. The van der Waals surface area contributed by atoms with E-state index in [1.54, 1.807) is 55.5 Å². The summed E-state index contributed by atoms with van der Waals surface area (Å²) in [4.78, 5) is 38.6. The molecule has 38 heavy (non-hydrogen) atoms. The normalized spacial score (nSPS) is 11.3. The second kappa shape index (κ2) is 12.7. The van der Waals surface area contributed by atoms with Crippen LogP contribution in [0.3, 0.4) is 0 Å². The van der Waals surface area contributed by atoms with Gasteiger partial charge in [-0.2, -0.15) is 0 Å². The molecular weight excluding hydrogens is 503 g/mol. The number of anilines is 2. The van der Waals surface area contributed by atoms with Gasteiger partial charge in [-0.05, 0) is 67.1 Å². The molecular formula is C30H25FN2O4S. The number of rotatable bonds is 9. The minimum absolute atomic E-state index is 0.0546. The van der Waals surface area contributed by atoms with Crippen molar-refractivity contribution >= 4 is 40.9 Å². The smallest absolute Gasteiger partial charge is 0.338 e. The van der Waals surface area contributed by atoms with Crippen molar-refractivity contribution in [2.45, 2.75) is 17.1 Å². The summed E-state index contributed by atoms with van der Waals surface area (Å²) < 4.78 is 19.0. The Balaban J connectivity index is 1.51. The summed E-state index contributed by atoms with van der Waals surface area (Å²) in [5.74, 6) is -1.85. The van der Waals surface area contributed by atoms with Gasteiger partial charge in [0.05, 0.1) is 17.7 Å². The van der Waals surface area contributed by atoms with Crippen molar-refractivity contribution in [3.8, 4) is 0 Å². The highest BCUT2D eigenvalue weighted by Crippen LogP contribution is 2.37. The Kier molecular flexibility index (Phi) is 8.89. The summed E-state index contributed by atoms with van der Waals surface area (Å²) in [6, 6.07) is 28.6. The number of carbonyl (C=O) groups excluding carboxylic acids is 3. The Labute approximate surface area is 224 Å². The van der Waals surface area contributed by atoms with Crippen molar-refractivity contribution in [2.75, 3.05) is 17.2 Å². The molecule has 0 saturated carbocycles. The fourth-order valence-electron chi connectivity index (χ4n) is 3.64. The Morgan fingerprint density at radius 3 is 2.24 bits per heavy atom. The lowest BCUT2D eigenvalue weighted by molar-refractivity contribution is -0.115. The summed E-state index contributed by atoms with van der Waals surface area (Å²) in [5, 5.41) is 5.01. The zero-order chi connectivity index (χ0) is 26.9. The molecule has 0 fully saturated rings. The lowest BCUT2D eigenvalue weighted by Gasteiger charge is -2.18. The van der Waals surface area contributed by atoms with Crippen LogP contribution in [0.4, 0.5) is 15.8 Å². The second-order valence-corrected chi connectivity index (χ2v) is 9.34. The van der Waals surface area contributed by atoms with Gasteiger partial charge in [0, 0.05) is 16.3 Å². The van der Waals surface area contributed by atoms with Gasteiger partial charge in [-0.1, -0.05) is 48.5 Å². The first-order chi connectivity index (χ1) is 18.4. The summed E-state index contributed by atoms with van der Waals surface area (Å²) in [6.07, 6.45) is 0. The largest absolute Gasteiger partial charge is 0.462 e. The van der Waals surface area contributed by atoms with Crippen LogP contribution in [0.2, 0.25) is 0 Å². The van der Waals surface area contributed by atoms with Gasteiger partial charge in [-0.25, -0.2) is 9.18 Å². The van der Waals surface area contributed by atoms with E-state index in [2.05, 4.69) is 10.6 Å². The first-order valence-corrected chi connectivity index (χ1v) is 12.8. The van der Waals surface area contributed by atoms with Crippen LogP contribution in [0.5, 0.6) is 0 Å². The van der Waals surface area contributed by atoms with Crippen LogP contribution in [0.15, 0.2) is 108 Å². The number of nitrogens with one attached hydrogen (secondary N) is 2. The summed E-state index contributed by atoms with van der Waals surface area (Å²) in [6.45, 7) is 2.02. The van der Waals surface area contributed by atoms with Gasteiger partial charge in [-0.15, -0.1) is 11.8 Å². The molecule has 8 heteroatoms. The van der Waals surface area contributed by atoms with E-state index in [-0.39, 0.29) is 18.1 Å². The molecule has 192 valence electrons. The second-order valence-electron chi connectivity index (χ2n) is 8.16. The van der Waals surface area contributed by atoms with Gasteiger partial charge in [0.2, 0.25) is 5.91 Å². The number of carbonyl (C=O) groups is 3. The number of ether oxygens (including phenoxy) is 1. The minimum atomic E-state index is -0.613. The van der Waals surface area contributed by atoms with Gasteiger partial charge in [0.1, 0.15) is 11.1 Å². The number of benzene rings is 4. The zero-order valence-electron chi connectivity index (χ0n) is 20.5. The maximum absolute atomic E-state index is 14.0. The van der Waals surface area contributed by atoms with E-state index in [1.807, 2.05) is 36.4 Å². The first kappa shape index (κ1) is 26.6. The molecule has 4 rings (SSSR count). The molecule has 0 spiro atoms. The third kappa shape index (κ3) is 6.86. The van der Waals surface area contributed by atoms with Gasteiger partial charge >= 0.3 is 5.97 Å². The topological polar surface area (TPSA) is 84.5 Å². The highest BCUT2D eigenvalue weighted by molar-refractivity contribution is 8.00. The van der Waals surface area contributed by atoms with E-state index in [0.29, 0.717) is 16.9 Å². The number of amides is 2. The lowest BCUT2D eigenvalue weighted by Crippen LogP contribution is -2.19. The van der Waals surface area contributed by atoms with E-state index in [9.17, 15) is 18.8 Å².